The van der Waals surface area contributed by atoms with Crippen LogP contribution in [0, 0.1) is 6.92 Å². The van der Waals surface area contributed by atoms with E-state index in [1.165, 1.54) is 11.3 Å². The molecule has 1 aromatic heterocycles. The molecule has 0 saturated heterocycles. The Balaban J connectivity index is 3.41. The molecule has 0 N–H and O–H groups in total. The van der Waals surface area contributed by atoms with Crippen LogP contribution in [0.2, 0.25) is 0 Å². The first-order valence-electron chi connectivity index (χ1n) is 5.47. The minimum Gasteiger partial charge on any atom is -0.241 e. The Hall–Kier alpha value is -0.920. The normalized spacial score (nSPS) is 13.0. The molecule has 0 amide bonds. The van der Waals surface area contributed by atoms with Crippen molar-refractivity contribution >= 4 is 0 Å². The number of aromatic nitrogens is 2. The molecule has 0 fully saturated rings. The second-order valence-corrected chi connectivity index (χ2v) is 6.18. The van der Waals surface area contributed by atoms with Gasteiger partial charge in [-0.05, 0) is 17.9 Å². The van der Waals surface area contributed by atoms with Gasteiger partial charge in [0, 0.05) is 11.6 Å². The topological polar surface area (TPSA) is 25.8 Å². The molecule has 2 nitrogen and oxygen atoms in total. The summed E-state index contributed by atoms with van der Waals surface area (Å²) in [6.07, 6.45) is 1.98. The second-order valence-electron chi connectivity index (χ2n) is 6.18. The van der Waals surface area contributed by atoms with Crippen LogP contribution in [0.5, 0.6) is 0 Å². The molecule has 0 aliphatic heterocycles. The van der Waals surface area contributed by atoms with Crippen LogP contribution in [0.1, 0.15) is 58.6 Å². The maximum absolute atomic E-state index is 4.60. The van der Waals surface area contributed by atoms with E-state index < -0.39 is 0 Å². The van der Waals surface area contributed by atoms with E-state index in [0.717, 1.165) is 5.82 Å². The van der Waals surface area contributed by atoms with Crippen molar-refractivity contribution < 1.29 is 0 Å². The first kappa shape index (κ1) is 12.2. The van der Waals surface area contributed by atoms with E-state index in [-0.39, 0.29) is 10.8 Å². The van der Waals surface area contributed by atoms with Gasteiger partial charge in [0.1, 0.15) is 5.82 Å². The van der Waals surface area contributed by atoms with Crippen LogP contribution in [-0.2, 0) is 10.8 Å². The molecule has 1 rings (SSSR count). The summed E-state index contributed by atoms with van der Waals surface area (Å²) in [5.74, 6) is 0.855. The number of nitrogens with zero attached hydrogens (tertiary/aromatic N) is 2. The van der Waals surface area contributed by atoms with Crippen LogP contribution in [-0.4, -0.2) is 9.97 Å². The number of hydrogen-bond donors (Lipinski definition) is 0. The third kappa shape index (κ3) is 2.77. The van der Waals surface area contributed by atoms with Gasteiger partial charge in [-0.3, -0.25) is 0 Å². The highest BCUT2D eigenvalue weighted by Crippen LogP contribution is 2.31. The largest absolute Gasteiger partial charge is 0.241 e. The smallest absolute Gasteiger partial charge is 0.125 e. The maximum Gasteiger partial charge on any atom is 0.125 e. The van der Waals surface area contributed by atoms with Crippen molar-refractivity contribution in [3.8, 4) is 0 Å². The Bertz CT molecular complexity index is 354. The van der Waals surface area contributed by atoms with Gasteiger partial charge in [0.05, 0.1) is 5.69 Å². The molecule has 0 aliphatic rings. The predicted octanol–water partition coefficient (Wildman–Crippen LogP) is 3.38. The second kappa shape index (κ2) is 3.58. The molecule has 1 heterocycles. The van der Waals surface area contributed by atoms with Gasteiger partial charge in [0.25, 0.3) is 0 Å². The standard InChI is InChI=1S/C13H22N2/c1-9-14-8-10(12(2,3)4)11(15-9)13(5,6)7/h8H,1-7H3. The molecule has 0 radical (unpaired) electrons. The van der Waals surface area contributed by atoms with Crippen LogP contribution < -0.4 is 0 Å². The van der Waals surface area contributed by atoms with Crippen LogP contribution in [0.4, 0.5) is 0 Å². The minimum absolute atomic E-state index is 0.0797. The fourth-order valence-electron chi connectivity index (χ4n) is 1.59. The fraction of sp³-hybridized carbons (Fsp3) is 0.692. The molecule has 0 unspecified atom stereocenters. The third-order valence-corrected chi connectivity index (χ3v) is 2.43. The van der Waals surface area contributed by atoms with Crippen molar-refractivity contribution in [3.63, 3.8) is 0 Å². The van der Waals surface area contributed by atoms with Crippen molar-refractivity contribution in [1.29, 1.82) is 0 Å². The molecule has 0 bridgehead atoms. The summed E-state index contributed by atoms with van der Waals surface area (Å²) in [4.78, 5) is 8.91. The summed E-state index contributed by atoms with van der Waals surface area (Å²) in [5.41, 5.74) is 2.61. The van der Waals surface area contributed by atoms with E-state index >= 15 is 0 Å². The zero-order valence-electron chi connectivity index (χ0n) is 11.0. The highest BCUT2D eigenvalue weighted by atomic mass is 14.9. The molecular weight excluding hydrogens is 184 g/mol. The molecule has 15 heavy (non-hydrogen) atoms. The maximum atomic E-state index is 4.60. The average molecular weight is 206 g/mol. The van der Waals surface area contributed by atoms with Gasteiger partial charge >= 0.3 is 0 Å². The van der Waals surface area contributed by atoms with Crippen molar-refractivity contribution in [1.82, 2.24) is 9.97 Å². The van der Waals surface area contributed by atoms with Gasteiger partial charge < -0.3 is 0 Å². The lowest BCUT2D eigenvalue weighted by Gasteiger charge is -2.28. The minimum atomic E-state index is 0.0797. The first-order valence-corrected chi connectivity index (χ1v) is 5.47. The van der Waals surface area contributed by atoms with Gasteiger partial charge in [-0.15, -0.1) is 0 Å². The number of aryl methyl sites for hydroxylation is 1. The van der Waals surface area contributed by atoms with Gasteiger partial charge in [0.15, 0.2) is 0 Å². The van der Waals surface area contributed by atoms with Crippen LogP contribution in [0.15, 0.2) is 6.20 Å². The quantitative estimate of drug-likeness (QED) is 0.650. The highest BCUT2D eigenvalue weighted by Gasteiger charge is 2.26. The van der Waals surface area contributed by atoms with Crippen molar-refractivity contribution in [2.75, 3.05) is 0 Å². The zero-order chi connectivity index (χ0) is 11.9. The predicted molar refractivity (Wildman–Crippen MR) is 64.2 cm³/mol. The summed E-state index contributed by atoms with van der Waals surface area (Å²) in [5, 5.41) is 0. The van der Waals surface area contributed by atoms with E-state index in [1.54, 1.807) is 0 Å². The van der Waals surface area contributed by atoms with Crippen LogP contribution >= 0.6 is 0 Å². The Morgan fingerprint density at radius 2 is 1.47 bits per heavy atom. The molecular formula is C13H22N2. The third-order valence-electron chi connectivity index (χ3n) is 2.43. The summed E-state index contributed by atoms with van der Waals surface area (Å²) in [7, 11) is 0. The van der Waals surface area contributed by atoms with Gasteiger partial charge in [-0.25, -0.2) is 9.97 Å². The zero-order valence-corrected chi connectivity index (χ0v) is 11.0. The number of hydrogen-bond acceptors (Lipinski definition) is 2. The average Bonchev–Trinajstić information content (AvgIpc) is 2.00. The molecule has 0 atom stereocenters. The van der Waals surface area contributed by atoms with Gasteiger partial charge in [-0.2, -0.15) is 0 Å². The molecule has 2 heteroatoms. The summed E-state index contributed by atoms with van der Waals surface area (Å²) in [6.45, 7) is 15.2. The lowest BCUT2D eigenvalue weighted by molar-refractivity contribution is 0.508. The summed E-state index contributed by atoms with van der Waals surface area (Å²) in [6, 6.07) is 0. The molecule has 84 valence electrons. The molecule has 0 aliphatic carbocycles. The summed E-state index contributed by atoms with van der Waals surface area (Å²) < 4.78 is 0. The van der Waals surface area contributed by atoms with Gasteiger partial charge in [-0.1, -0.05) is 41.5 Å². The molecule has 0 spiro atoms. The molecule has 0 aromatic carbocycles. The van der Waals surface area contributed by atoms with E-state index in [0.29, 0.717) is 0 Å². The lowest BCUT2D eigenvalue weighted by Crippen LogP contribution is -2.24. The highest BCUT2D eigenvalue weighted by molar-refractivity contribution is 5.30. The Morgan fingerprint density at radius 1 is 0.933 bits per heavy atom. The number of rotatable bonds is 0. The van der Waals surface area contributed by atoms with E-state index in [4.69, 9.17) is 0 Å². The summed E-state index contributed by atoms with van der Waals surface area (Å²) >= 11 is 0. The van der Waals surface area contributed by atoms with Gasteiger partial charge in [0.2, 0.25) is 0 Å². The van der Waals surface area contributed by atoms with Crippen molar-refractivity contribution in [2.24, 2.45) is 0 Å². The van der Waals surface area contributed by atoms with E-state index in [1.807, 2.05) is 13.1 Å². The van der Waals surface area contributed by atoms with E-state index in [2.05, 4.69) is 51.5 Å². The van der Waals surface area contributed by atoms with Crippen molar-refractivity contribution in [3.05, 3.63) is 23.3 Å². The van der Waals surface area contributed by atoms with Crippen LogP contribution in [0.3, 0.4) is 0 Å². The Labute approximate surface area is 93.2 Å². The van der Waals surface area contributed by atoms with Crippen molar-refractivity contribution in [2.45, 2.75) is 59.3 Å². The SMILES string of the molecule is Cc1ncc(C(C)(C)C)c(C(C)(C)C)n1. The molecule has 0 saturated carbocycles. The first-order chi connectivity index (χ1) is 6.62. The Morgan fingerprint density at radius 3 is 1.87 bits per heavy atom. The van der Waals surface area contributed by atoms with Crippen LogP contribution in [0.25, 0.3) is 0 Å². The monoisotopic (exact) mass is 206 g/mol. The fourth-order valence-corrected chi connectivity index (χ4v) is 1.59. The lowest BCUT2D eigenvalue weighted by atomic mass is 9.79. The Kier molecular flexibility index (Phi) is 2.90. The van der Waals surface area contributed by atoms with E-state index in [9.17, 15) is 0 Å². The molecule has 1 aromatic rings.